The van der Waals surface area contributed by atoms with Crippen molar-refractivity contribution in [1.82, 2.24) is 4.98 Å². The molecule has 2 nitrogen and oxygen atoms in total. The molecule has 0 spiro atoms. The number of benzene rings is 4. The van der Waals surface area contributed by atoms with Gasteiger partial charge in [-0.05, 0) is 17.0 Å². The van der Waals surface area contributed by atoms with Gasteiger partial charge in [-0.1, -0.05) is 79.9 Å². The predicted octanol–water partition coefficient (Wildman–Crippen LogP) is 7.66. The molecule has 2 heteroatoms. The lowest BCUT2D eigenvalue weighted by molar-refractivity contribution is 0.668. The Morgan fingerprint density at radius 3 is 2.25 bits per heavy atom. The highest BCUT2D eigenvalue weighted by Crippen LogP contribution is 2.43. The summed E-state index contributed by atoms with van der Waals surface area (Å²) in [4.78, 5) is 3.73. The lowest BCUT2D eigenvalue weighted by atomic mass is 9.96. The van der Waals surface area contributed by atoms with Crippen LogP contribution in [0.5, 0.6) is 0 Å². The van der Waals surface area contributed by atoms with Crippen molar-refractivity contribution in [2.75, 3.05) is 0 Å². The van der Waals surface area contributed by atoms with Crippen LogP contribution >= 0.6 is 0 Å². The van der Waals surface area contributed by atoms with Crippen molar-refractivity contribution in [2.24, 2.45) is 0 Å². The van der Waals surface area contributed by atoms with Crippen molar-refractivity contribution in [3.63, 3.8) is 0 Å². The van der Waals surface area contributed by atoms with E-state index in [4.69, 9.17) is 4.42 Å². The smallest absolute Gasteiger partial charge is 0.145 e. The number of nitrogens with one attached hydrogen (secondary N) is 1. The summed E-state index contributed by atoms with van der Waals surface area (Å²) in [6.07, 6.45) is 3.79. The van der Waals surface area contributed by atoms with E-state index >= 15 is 0 Å². The first kappa shape index (κ1) is 15.3. The highest BCUT2D eigenvalue weighted by molar-refractivity contribution is 6.29. The van der Waals surface area contributed by atoms with Crippen molar-refractivity contribution < 1.29 is 4.42 Å². The monoisotopic (exact) mass is 359 g/mol. The minimum atomic E-state index is 0.856. The molecule has 0 aliphatic heterocycles. The largest absolute Gasteiger partial charge is 0.455 e. The number of aromatic amines is 1. The molecule has 2 aromatic heterocycles. The lowest BCUT2D eigenvalue weighted by Crippen LogP contribution is -1.85. The van der Waals surface area contributed by atoms with Gasteiger partial charge in [-0.3, -0.25) is 0 Å². The van der Waals surface area contributed by atoms with Gasteiger partial charge in [-0.25, -0.2) is 0 Å². The molecular formula is C26H17NO. The molecule has 0 fully saturated rings. The number of rotatable bonds is 2. The van der Waals surface area contributed by atoms with Gasteiger partial charge in [0.25, 0.3) is 0 Å². The Hall–Kier alpha value is -3.78. The molecule has 0 unspecified atom stereocenters. The minimum Gasteiger partial charge on any atom is -0.455 e. The first-order chi connectivity index (χ1) is 13.8. The Morgan fingerprint density at radius 1 is 0.679 bits per heavy atom. The zero-order chi connectivity index (χ0) is 18.8. The molecule has 0 aliphatic rings. The van der Waals surface area contributed by atoms with Crippen molar-refractivity contribution >= 4 is 66.7 Å². The van der Waals surface area contributed by atoms with E-state index in [-0.39, 0.29) is 0 Å². The molecule has 0 aliphatic carbocycles. The Kier molecular flexibility index (Phi) is 2.93. The maximum absolute atomic E-state index is 6.27. The second kappa shape index (κ2) is 5.37. The highest BCUT2D eigenvalue weighted by atomic mass is 16.3. The van der Waals surface area contributed by atoms with Gasteiger partial charge in [0, 0.05) is 27.1 Å². The zero-order valence-corrected chi connectivity index (χ0v) is 15.3. The summed E-state index contributed by atoms with van der Waals surface area (Å²) >= 11 is 0. The van der Waals surface area contributed by atoms with E-state index in [9.17, 15) is 0 Å². The fourth-order valence-electron chi connectivity index (χ4n) is 4.56. The molecule has 132 valence electrons. The lowest BCUT2D eigenvalue weighted by Gasteiger charge is -2.06. The van der Waals surface area contributed by atoms with E-state index in [1.165, 1.54) is 21.5 Å². The summed E-state index contributed by atoms with van der Waals surface area (Å²) in [6, 6.07) is 21.0. The van der Waals surface area contributed by atoms with Gasteiger partial charge < -0.3 is 9.40 Å². The van der Waals surface area contributed by atoms with Gasteiger partial charge in [-0.15, -0.1) is 0 Å². The molecule has 4 aromatic carbocycles. The number of fused-ring (bicyclic) bond motifs is 9. The van der Waals surface area contributed by atoms with Crippen molar-refractivity contribution in [1.29, 1.82) is 0 Å². The molecule has 0 radical (unpaired) electrons. The molecular weight excluding hydrogens is 342 g/mol. The average molecular weight is 359 g/mol. The van der Waals surface area contributed by atoms with Crippen LogP contribution in [-0.4, -0.2) is 4.98 Å². The van der Waals surface area contributed by atoms with E-state index in [0.29, 0.717) is 0 Å². The maximum atomic E-state index is 6.27. The number of para-hydroxylation sites is 1. The number of aromatic nitrogens is 1. The first-order valence-corrected chi connectivity index (χ1v) is 9.37. The number of furan rings is 1. The standard InChI is InChI=1S/C26H17NO/c1-3-16-17(4-2)26-23(19-11-7-8-12-21(19)28-26)25-22(16)20-14-13-15-9-5-6-10-18(15)24(20)27-25/h3-14,27H,1-2H2. The molecule has 0 saturated heterocycles. The fourth-order valence-corrected chi connectivity index (χ4v) is 4.56. The predicted molar refractivity (Wildman–Crippen MR) is 121 cm³/mol. The second-order valence-corrected chi connectivity index (χ2v) is 7.12. The van der Waals surface area contributed by atoms with E-state index in [0.717, 1.165) is 44.1 Å². The van der Waals surface area contributed by atoms with E-state index in [2.05, 4.69) is 66.7 Å². The molecule has 0 amide bonds. The number of H-pyrrole nitrogens is 1. The molecule has 0 atom stereocenters. The highest BCUT2D eigenvalue weighted by Gasteiger charge is 2.21. The molecule has 0 bridgehead atoms. The van der Waals surface area contributed by atoms with Gasteiger partial charge in [0.15, 0.2) is 0 Å². The van der Waals surface area contributed by atoms with Crippen LogP contribution in [0.1, 0.15) is 11.1 Å². The van der Waals surface area contributed by atoms with Crippen LogP contribution in [0.4, 0.5) is 0 Å². The summed E-state index contributed by atoms with van der Waals surface area (Å²) in [5, 5.41) is 7.01. The van der Waals surface area contributed by atoms with Crippen LogP contribution in [0.25, 0.3) is 66.7 Å². The van der Waals surface area contributed by atoms with Crippen LogP contribution in [0.2, 0.25) is 0 Å². The van der Waals surface area contributed by atoms with Crippen LogP contribution in [0, 0.1) is 0 Å². The van der Waals surface area contributed by atoms with E-state index in [1.807, 2.05) is 24.3 Å². The van der Waals surface area contributed by atoms with Crippen molar-refractivity contribution in [3.8, 4) is 0 Å². The quantitative estimate of drug-likeness (QED) is 0.338. The SMILES string of the molecule is C=Cc1c(C=C)c2c3ccc4ccccc4c3[nH]c2c2c1oc1ccccc12. The Labute approximate surface area is 161 Å². The van der Waals surface area contributed by atoms with E-state index in [1.54, 1.807) is 0 Å². The van der Waals surface area contributed by atoms with Gasteiger partial charge >= 0.3 is 0 Å². The summed E-state index contributed by atoms with van der Waals surface area (Å²) in [6.45, 7) is 8.16. The summed E-state index contributed by atoms with van der Waals surface area (Å²) in [5.41, 5.74) is 6.01. The second-order valence-electron chi connectivity index (χ2n) is 7.12. The van der Waals surface area contributed by atoms with Gasteiger partial charge in [0.1, 0.15) is 11.2 Å². The third-order valence-corrected chi connectivity index (χ3v) is 5.76. The number of hydrogen-bond donors (Lipinski definition) is 1. The topological polar surface area (TPSA) is 28.9 Å². The molecule has 0 saturated carbocycles. The van der Waals surface area contributed by atoms with Crippen LogP contribution in [-0.2, 0) is 0 Å². The fraction of sp³-hybridized carbons (Fsp3) is 0. The molecule has 2 heterocycles. The zero-order valence-electron chi connectivity index (χ0n) is 15.3. The summed E-state index contributed by atoms with van der Waals surface area (Å²) in [7, 11) is 0. The van der Waals surface area contributed by atoms with Gasteiger partial charge in [0.05, 0.1) is 16.4 Å². The average Bonchev–Trinajstić information content (AvgIpc) is 3.31. The Bertz CT molecular complexity index is 1590. The minimum absolute atomic E-state index is 0.856. The van der Waals surface area contributed by atoms with Gasteiger partial charge in [0.2, 0.25) is 0 Å². The van der Waals surface area contributed by atoms with Crippen LogP contribution in [0.15, 0.2) is 78.2 Å². The maximum Gasteiger partial charge on any atom is 0.145 e. The molecule has 6 aromatic rings. The van der Waals surface area contributed by atoms with Crippen molar-refractivity contribution in [2.45, 2.75) is 0 Å². The molecule has 28 heavy (non-hydrogen) atoms. The van der Waals surface area contributed by atoms with Crippen LogP contribution in [0.3, 0.4) is 0 Å². The summed E-state index contributed by atoms with van der Waals surface area (Å²) < 4.78 is 6.27. The van der Waals surface area contributed by atoms with Gasteiger partial charge in [-0.2, -0.15) is 0 Å². The number of hydrogen-bond acceptors (Lipinski definition) is 1. The van der Waals surface area contributed by atoms with Crippen molar-refractivity contribution in [3.05, 3.63) is 84.9 Å². The summed E-state index contributed by atoms with van der Waals surface area (Å²) in [5.74, 6) is 0. The third kappa shape index (κ3) is 1.77. The van der Waals surface area contributed by atoms with Crippen LogP contribution < -0.4 is 0 Å². The Balaban J connectivity index is 2.00. The third-order valence-electron chi connectivity index (χ3n) is 5.76. The van der Waals surface area contributed by atoms with E-state index < -0.39 is 0 Å². The Morgan fingerprint density at radius 2 is 1.43 bits per heavy atom. The normalized spacial score (nSPS) is 11.9. The molecule has 6 rings (SSSR count). The first-order valence-electron chi connectivity index (χ1n) is 9.37. The molecule has 1 N–H and O–H groups in total.